The van der Waals surface area contributed by atoms with Gasteiger partial charge >= 0.3 is 0 Å². The van der Waals surface area contributed by atoms with Gasteiger partial charge in [0, 0.05) is 48.3 Å². The number of hydrogen-bond donors (Lipinski definition) is 2. The molecule has 4 nitrogen and oxygen atoms in total. The van der Waals surface area contributed by atoms with E-state index in [1.165, 1.54) is 5.69 Å². The second-order valence-corrected chi connectivity index (χ2v) is 4.68. The standard InChI is InChI=1S/C16H16N4/c1-2-14-10-16(12-4-3-9-18-11-12)19-20(14)15-7-5-13(17)6-8-15/h3-11H,2,17H2,1H3/p+1. The summed E-state index contributed by atoms with van der Waals surface area (Å²) in [6, 6.07) is 14.0. The number of anilines is 1. The number of rotatable bonds is 3. The Hall–Kier alpha value is -2.62. The number of aryl methyl sites for hydroxylation is 1. The first-order valence-electron chi connectivity index (χ1n) is 6.68. The third-order valence-corrected chi connectivity index (χ3v) is 3.32. The van der Waals surface area contributed by atoms with Gasteiger partial charge in [-0.1, -0.05) is 11.6 Å². The van der Waals surface area contributed by atoms with Gasteiger partial charge in [-0.05, 0) is 24.3 Å². The largest absolute Gasteiger partial charge is 0.399 e. The third-order valence-electron chi connectivity index (χ3n) is 3.32. The minimum absolute atomic E-state index is 0.770. The Bertz CT molecular complexity index is 699. The molecular formula is C16H17N4+. The number of benzene rings is 1. The number of aromatic amines is 1. The van der Waals surface area contributed by atoms with Crippen LogP contribution in [-0.2, 0) is 6.42 Å². The summed E-state index contributed by atoms with van der Waals surface area (Å²) >= 11 is 0. The van der Waals surface area contributed by atoms with Gasteiger partial charge in [-0.15, -0.1) is 0 Å². The van der Waals surface area contributed by atoms with Crippen molar-refractivity contribution in [2.24, 2.45) is 0 Å². The summed E-state index contributed by atoms with van der Waals surface area (Å²) in [7, 11) is 0. The molecule has 3 aromatic rings. The minimum atomic E-state index is 0.770. The fourth-order valence-electron chi connectivity index (χ4n) is 2.24. The lowest BCUT2D eigenvalue weighted by molar-refractivity contribution is -0.662. The lowest BCUT2D eigenvalue weighted by atomic mass is 10.2. The van der Waals surface area contributed by atoms with Crippen molar-refractivity contribution in [1.82, 2.24) is 10.1 Å². The van der Waals surface area contributed by atoms with Crippen LogP contribution in [0.5, 0.6) is 0 Å². The highest BCUT2D eigenvalue weighted by Gasteiger charge is 2.18. The van der Waals surface area contributed by atoms with E-state index in [0.29, 0.717) is 0 Å². The zero-order chi connectivity index (χ0) is 13.9. The lowest BCUT2D eigenvalue weighted by Crippen LogP contribution is -2.36. The van der Waals surface area contributed by atoms with Gasteiger partial charge in [0.05, 0.1) is 0 Å². The molecule has 2 aromatic heterocycles. The first kappa shape index (κ1) is 12.4. The van der Waals surface area contributed by atoms with Crippen LogP contribution in [0.15, 0.2) is 54.9 Å². The normalized spacial score (nSPS) is 10.7. The number of nitrogen functional groups attached to an aromatic ring is 1. The van der Waals surface area contributed by atoms with Crippen LogP contribution in [0.3, 0.4) is 0 Å². The van der Waals surface area contributed by atoms with Crippen molar-refractivity contribution in [2.75, 3.05) is 5.73 Å². The number of aromatic nitrogens is 3. The average Bonchev–Trinajstić information content (AvgIpc) is 2.93. The molecule has 0 unspecified atom stereocenters. The predicted octanol–water partition coefficient (Wildman–Crippen LogP) is 2.50. The molecule has 3 rings (SSSR count). The Balaban J connectivity index is 2.07. The number of hydrogen-bond acceptors (Lipinski definition) is 2. The summed E-state index contributed by atoms with van der Waals surface area (Å²) in [5, 5.41) is 3.42. The van der Waals surface area contributed by atoms with Gasteiger partial charge in [-0.2, -0.15) is 5.10 Å². The highest BCUT2D eigenvalue weighted by Crippen LogP contribution is 2.17. The number of H-pyrrole nitrogens is 1. The van der Waals surface area contributed by atoms with Crippen LogP contribution in [0.25, 0.3) is 16.9 Å². The van der Waals surface area contributed by atoms with Crippen molar-refractivity contribution in [3.63, 3.8) is 0 Å². The maximum absolute atomic E-state index is 5.74. The zero-order valence-corrected chi connectivity index (χ0v) is 11.4. The van der Waals surface area contributed by atoms with Gasteiger partial charge in [0.15, 0.2) is 0 Å². The van der Waals surface area contributed by atoms with Gasteiger partial charge in [0.1, 0.15) is 5.69 Å². The Morgan fingerprint density at radius 3 is 2.65 bits per heavy atom. The topological polar surface area (TPSA) is 58.6 Å². The summed E-state index contributed by atoms with van der Waals surface area (Å²) < 4.78 is 2.09. The molecule has 0 bridgehead atoms. The molecule has 0 radical (unpaired) electrons. The smallest absolute Gasteiger partial charge is 0.236 e. The van der Waals surface area contributed by atoms with Gasteiger partial charge < -0.3 is 5.73 Å². The van der Waals surface area contributed by atoms with Gasteiger partial charge in [-0.25, -0.2) is 0 Å². The molecule has 0 atom stereocenters. The summed E-state index contributed by atoms with van der Waals surface area (Å²) in [5.41, 5.74) is 10.9. The number of pyridine rings is 1. The monoisotopic (exact) mass is 265 g/mol. The highest BCUT2D eigenvalue weighted by atomic mass is 15.3. The first-order chi connectivity index (χ1) is 9.78. The molecule has 20 heavy (non-hydrogen) atoms. The van der Waals surface area contributed by atoms with Crippen LogP contribution < -0.4 is 10.4 Å². The molecule has 0 saturated heterocycles. The molecule has 0 fully saturated rings. The molecule has 3 N–H and O–H groups in total. The van der Waals surface area contributed by atoms with E-state index in [4.69, 9.17) is 5.73 Å². The van der Waals surface area contributed by atoms with Crippen molar-refractivity contribution >= 4 is 5.69 Å². The van der Waals surface area contributed by atoms with Crippen molar-refractivity contribution < 1.29 is 4.68 Å². The molecule has 0 saturated carbocycles. The van der Waals surface area contributed by atoms with E-state index in [0.717, 1.165) is 29.1 Å². The summed E-state index contributed by atoms with van der Waals surface area (Å²) in [6.45, 7) is 2.14. The lowest BCUT2D eigenvalue weighted by Gasteiger charge is -1.96. The molecule has 1 aromatic carbocycles. The van der Waals surface area contributed by atoms with Gasteiger partial charge in [0.2, 0.25) is 11.4 Å². The Labute approximate surface area is 117 Å². The van der Waals surface area contributed by atoms with E-state index in [1.807, 2.05) is 42.6 Å². The van der Waals surface area contributed by atoms with E-state index < -0.39 is 0 Å². The van der Waals surface area contributed by atoms with Crippen LogP contribution in [0.4, 0.5) is 5.69 Å². The van der Waals surface area contributed by atoms with Gasteiger partial charge in [-0.3, -0.25) is 4.98 Å². The first-order valence-corrected chi connectivity index (χ1v) is 6.68. The second-order valence-electron chi connectivity index (χ2n) is 4.68. The molecule has 0 aliphatic heterocycles. The fraction of sp³-hybridized carbons (Fsp3) is 0.125. The van der Waals surface area contributed by atoms with E-state index >= 15 is 0 Å². The SMILES string of the molecule is CCc1cc(-c2cccnc2)[nH][n+]1-c1ccc(N)cc1. The van der Waals surface area contributed by atoms with Crippen LogP contribution in [-0.4, -0.2) is 10.1 Å². The Kier molecular flexibility index (Phi) is 3.21. The Morgan fingerprint density at radius 1 is 1.20 bits per heavy atom. The van der Waals surface area contributed by atoms with Crippen LogP contribution in [0.2, 0.25) is 0 Å². The third kappa shape index (κ3) is 2.28. The second kappa shape index (κ2) is 5.17. The molecule has 0 aliphatic carbocycles. The van der Waals surface area contributed by atoms with Crippen LogP contribution in [0.1, 0.15) is 12.6 Å². The van der Waals surface area contributed by atoms with E-state index in [1.54, 1.807) is 6.20 Å². The quantitative estimate of drug-likeness (QED) is 0.564. The van der Waals surface area contributed by atoms with E-state index in [-0.39, 0.29) is 0 Å². The summed E-state index contributed by atoms with van der Waals surface area (Å²) in [4.78, 5) is 4.16. The zero-order valence-electron chi connectivity index (χ0n) is 11.4. The molecule has 0 amide bonds. The predicted molar refractivity (Wildman–Crippen MR) is 79.3 cm³/mol. The maximum Gasteiger partial charge on any atom is 0.236 e. The van der Waals surface area contributed by atoms with Crippen LogP contribution in [0, 0.1) is 0 Å². The van der Waals surface area contributed by atoms with Gasteiger partial charge in [0.25, 0.3) is 0 Å². The highest BCUT2D eigenvalue weighted by molar-refractivity contribution is 5.57. The maximum atomic E-state index is 5.74. The molecule has 0 aliphatic rings. The number of nitrogens with two attached hydrogens (primary N) is 1. The average molecular weight is 265 g/mol. The van der Waals surface area contributed by atoms with Crippen molar-refractivity contribution in [2.45, 2.75) is 13.3 Å². The van der Waals surface area contributed by atoms with Crippen molar-refractivity contribution in [3.8, 4) is 16.9 Å². The van der Waals surface area contributed by atoms with E-state index in [2.05, 4.69) is 27.8 Å². The minimum Gasteiger partial charge on any atom is -0.399 e. The molecule has 4 heteroatoms. The summed E-state index contributed by atoms with van der Waals surface area (Å²) in [5.74, 6) is 0. The Morgan fingerprint density at radius 2 is 2.00 bits per heavy atom. The number of nitrogens with zero attached hydrogens (tertiary/aromatic N) is 2. The van der Waals surface area contributed by atoms with Crippen molar-refractivity contribution in [1.29, 1.82) is 0 Å². The molecule has 2 heterocycles. The fourth-order valence-corrected chi connectivity index (χ4v) is 2.24. The molecule has 0 spiro atoms. The van der Waals surface area contributed by atoms with E-state index in [9.17, 15) is 0 Å². The summed E-state index contributed by atoms with van der Waals surface area (Å²) in [6.07, 6.45) is 4.58. The van der Waals surface area contributed by atoms with Crippen molar-refractivity contribution in [3.05, 3.63) is 60.6 Å². The number of nitrogens with one attached hydrogen (secondary N) is 1. The van der Waals surface area contributed by atoms with Crippen LogP contribution >= 0.6 is 0 Å². The molecular weight excluding hydrogens is 248 g/mol. The molecule has 100 valence electrons.